The Balaban J connectivity index is 3.01. The first kappa shape index (κ1) is 15.5. The van der Waals surface area contributed by atoms with Crippen molar-refractivity contribution in [1.29, 1.82) is 0 Å². The predicted molar refractivity (Wildman–Crippen MR) is 72.3 cm³/mol. The summed E-state index contributed by atoms with van der Waals surface area (Å²) < 4.78 is 9.63. The molecule has 104 valence electrons. The van der Waals surface area contributed by atoms with Crippen LogP contribution in [0.2, 0.25) is 0 Å². The molecule has 0 aliphatic carbocycles. The molecule has 0 aliphatic heterocycles. The standard InChI is InChI=1S/C14H17ClO4/c1-3-19-14(17)13-10(7-8-12(16)18-2)5-4-6-11(13)9-15/h4-6H,3,7-9H2,1-2H3. The molecular formula is C14H17ClO4. The zero-order chi connectivity index (χ0) is 14.3. The minimum absolute atomic E-state index is 0.217. The molecule has 5 heteroatoms. The molecule has 0 aliphatic rings. The van der Waals surface area contributed by atoms with E-state index < -0.39 is 5.97 Å². The molecule has 0 heterocycles. The fraction of sp³-hybridized carbons (Fsp3) is 0.429. The lowest BCUT2D eigenvalue weighted by atomic mass is 9.98. The van der Waals surface area contributed by atoms with Gasteiger partial charge in [-0.2, -0.15) is 0 Å². The van der Waals surface area contributed by atoms with Crippen molar-refractivity contribution in [2.24, 2.45) is 0 Å². The fourth-order valence-electron chi connectivity index (χ4n) is 1.78. The highest BCUT2D eigenvalue weighted by Crippen LogP contribution is 2.20. The zero-order valence-corrected chi connectivity index (χ0v) is 11.8. The van der Waals surface area contributed by atoms with Gasteiger partial charge in [0.05, 0.1) is 19.3 Å². The van der Waals surface area contributed by atoms with Crippen LogP contribution in [-0.2, 0) is 26.6 Å². The molecule has 0 spiro atoms. The lowest BCUT2D eigenvalue weighted by Crippen LogP contribution is -2.12. The molecule has 0 unspecified atom stereocenters. The van der Waals surface area contributed by atoms with E-state index in [1.54, 1.807) is 19.1 Å². The van der Waals surface area contributed by atoms with Crippen molar-refractivity contribution >= 4 is 23.5 Å². The Bertz CT molecular complexity index is 457. The molecule has 4 nitrogen and oxygen atoms in total. The average Bonchev–Trinajstić information content (AvgIpc) is 2.44. The van der Waals surface area contributed by atoms with Gasteiger partial charge < -0.3 is 9.47 Å². The topological polar surface area (TPSA) is 52.6 Å². The normalized spacial score (nSPS) is 10.1. The van der Waals surface area contributed by atoms with E-state index in [1.165, 1.54) is 7.11 Å². The molecule has 1 rings (SSSR count). The molecule has 0 fully saturated rings. The fourth-order valence-corrected chi connectivity index (χ4v) is 2.00. The highest BCUT2D eigenvalue weighted by molar-refractivity contribution is 6.17. The van der Waals surface area contributed by atoms with E-state index in [4.69, 9.17) is 16.3 Å². The zero-order valence-electron chi connectivity index (χ0n) is 11.1. The monoisotopic (exact) mass is 284 g/mol. The molecular weight excluding hydrogens is 268 g/mol. The maximum absolute atomic E-state index is 12.0. The molecule has 0 bridgehead atoms. The number of ether oxygens (including phenoxy) is 2. The Morgan fingerprint density at radius 2 is 1.95 bits per heavy atom. The quantitative estimate of drug-likeness (QED) is 0.595. The SMILES string of the molecule is CCOC(=O)c1c(CCl)cccc1CCC(=O)OC. The van der Waals surface area contributed by atoms with Crippen LogP contribution in [0.15, 0.2) is 18.2 Å². The average molecular weight is 285 g/mol. The van der Waals surface area contributed by atoms with E-state index >= 15 is 0 Å². The first-order valence-corrected chi connectivity index (χ1v) is 6.58. The summed E-state index contributed by atoms with van der Waals surface area (Å²) in [5, 5.41) is 0. The number of methoxy groups -OCH3 is 1. The van der Waals surface area contributed by atoms with Gasteiger partial charge in [0.25, 0.3) is 0 Å². The molecule has 0 amide bonds. The van der Waals surface area contributed by atoms with Crippen molar-refractivity contribution in [2.45, 2.75) is 25.6 Å². The summed E-state index contributed by atoms with van der Waals surface area (Å²) in [6.07, 6.45) is 0.639. The Morgan fingerprint density at radius 3 is 2.53 bits per heavy atom. The molecule has 0 radical (unpaired) electrons. The van der Waals surface area contributed by atoms with Gasteiger partial charge in [0, 0.05) is 12.3 Å². The molecule has 1 aromatic rings. The van der Waals surface area contributed by atoms with Crippen LogP contribution in [0.3, 0.4) is 0 Å². The highest BCUT2D eigenvalue weighted by atomic mass is 35.5. The van der Waals surface area contributed by atoms with Crippen molar-refractivity contribution < 1.29 is 19.1 Å². The second kappa shape index (κ2) is 7.79. The number of hydrogen-bond donors (Lipinski definition) is 0. The van der Waals surface area contributed by atoms with Crippen LogP contribution in [0.1, 0.15) is 34.8 Å². The molecule has 0 saturated heterocycles. The Kier molecular flexibility index (Phi) is 6.36. The summed E-state index contributed by atoms with van der Waals surface area (Å²) in [6, 6.07) is 5.39. The third kappa shape index (κ3) is 4.24. The van der Waals surface area contributed by atoms with Crippen LogP contribution in [0.25, 0.3) is 0 Å². The van der Waals surface area contributed by atoms with Gasteiger partial charge in [0.15, 0.2) is 0 Å². The molecule has 0 N–H and O–H groups in total. The van der Waals surface area contributed by atoms with Crippen LogP contribution in [0.4, 0.5) is 0 Å². The minimum atomic E-state index is -0.404. The van der Waals surface area contributed by atoms with E-state index in [-0.39, 0.29) is 18.3 Å². The number of rotatable bonds is 6. The van der Waals surface area contributed by atoms with Crippen molar-refractivity contribution in [3.63, 3.8) is 0 Å². The van der Waals surface area contributed by atoms with Gasteiger partial charge in [-0.25, -0.2) is 4.79 Å². The first-order valence-electron chi connectivity index (χ1n) is 6.04. The Morgan fingerprint density at radius 1 is 1.26 bits per heavy atom. The molecule has 19 heavy (non-hydrogen) atoms. The third-order valence-corrected chi connectivity index (χ3v) is 2.97. The lowest BCUT2D eigenvalue weighted by molar-refractivity contribution is -0.140. The van der Waals surface area contributed by atoms with Gasteiger partial charge in [0.1, 0.15) is 0 Å². The maximum atomic E-state index is 12.0. The van der Waals surface area contributed by atoms with Crippen molar-refractivity contribution in [3.05, 3.63) is 34.9 Å². The van der Waals surface area contributed by atoms with Crippen molar-refractivity contribution in [3.8, 4) is 0 Å². The second-order valence-electron chi connectivity index (χ2n) is 3.88. The Hall–Kier alpha value is -1.55. The maximum Gasteiger partial charge on any atom is 0.338 e. The number of benzene rings is 1. The van der Waals surface area contributed by atoms with E-state index in [0.29, 0.717) is 24.2 Å². The molecule has 0 aromatic heterocycles. The van der Waals surface area contributed by atoms with E-state index in [0.717, 1.165) is 5.56 Å². The first-order chi connectivity index (χ1) is 9.13. The van der Waals surface area contributed by atoms with E-state index in [1.807, 2.05) is 6.07 Å². The van der Waals surface area contributed by atoms with Gasteiger partial charge in [-0.15, -0.1) is 11.6 Å². The summed E-state index contributed by atoms with van der Waals surface area (Å²) in [7, 11) is 1.34. The van der Waals surface area contributed by atoms with E-state index in [9.17, 15) is 9.59 Å². The molecule has 0 atom stereocenters. The van der Waals surface area contributed by atoms with Crippen LogP contribution in [0, 0.1) is 0 Å². The van der Waals surface area contributed by atoms with Crippen molar-refractivity contribution in [1.82, 2.24) is 0 Å². The van der Waals surface area contributed by atoms with Crippen molar-refractivity contribution in [2.75, 3.05) is 13.7 Å². The van der Waals surface area contributed by atoms with Crippen LogP contribution in [0.5, 0.6) is 0 Å². The number of halogens is 1. The van der Waals surface area contributed by atoms with Crippen LogP contribution < -0.4 is 0 Å². The number of hydrogen-bond acceptors (Lipinski definition) is 4. The van der Waals surface area contributed by atoms with E-state index in [2.05, 4.69) is 4.74 Å². The van der Waals surface area contributed by atoms with Gasteiger partial charge in [-0.05, 0) is 24.5 Å². The lowest BCUT2D eigenvalue weighted by Gasteiger charge is -2.12. The summed E-state index contributed by atoms with van der Waals surface area (Å²) >= 11 is 5.84. The van der Waals surface area contributed by atoms with Gasteiger partial charge in [0.2, 0.25) is 0 Å². The number of alkyl halides is 1. The number of carbonyl (C=O) groups excluding carboxylic acids is 2. The summed E-state index contributed by atoms with van der Waals surface area (Å²) in [4.78, 5) is 23.1. The number of aryl methyl sites for hydroxylation is 1. The Labute approximate surface area is 117 Å². The number of esters is 2. The molecule has 0 saturated carbocycles. The van der Waals surface area contributed by atoms with Gasteiger partial charge in [-0.3, -0.25) is 4.79 Å². The third-order valence-electron chi connectivity index (χ3n) is 2.69. The highest BCUT2D eigenvalue weighted by Gasteiger charge is 2.17. The van der Waals surface area contributed by atoms with Crippen LogP contribution >= 0.6 is 11.6 Å². The molecule has 1 aromatic carbocycles. The summed E-state index contributed by atoms with van der Waals surface area (Å²) in [6.45, 7) is 2.04. The predicted octanol–water partition coefficient (Wildman–Crippen LogP) is 2.71. The summed E-state index contributed by atoms with van der Waals surface area (Å²) in [5.74, 6) is -0.495. The minimum Gasteiger partial charge on any atom is -0.469 e. The van der Waals surface area contributed by atoms with Gasteiger partial charge in [-0.1, -0.05) is 18.2 Å². The van der Waals surface area contributed by atoms with Gasteiger partial charge >= 0.3 is 11.9 Å². The van der Waals surface area contributed by atoms with Crippen LogP contribution in [-0.4, -0.2) is 25.7 Å². The number of carbonyl (C=O) groups is 2. The smallest absolute Gasteiger partial charge is 0.338 e. The largest absolute Gasteiger partial charge is 0.469 e. The second-order valence-corrected chi connectivity index (χ2v) is 4.15. The summed E-state index contributed by atoms with van der Waals surface area (Å²) in [5.41, 5.74) is 1.92.